The molecule has 0 bridgehead atoms. The van der Waals surface area contributed by atoms with Gasteiger partial charge >= 0.3 is 0 Å². The Bertz CT molecular complexity index is 1020. The number of carbonyl (C=O) groups is 1. The third kappa shape index (κ3) is 33.2. The van der Waals surface area contributed by atoms with Crippen molar-refractivity contribution in [1.82, 2.24) is 5.32 Å². The van der Waals surface area contributed by atoms with Gasteiger partial charge in [0.05, 0.1) is 25.4 Å². The lowest BCUT2D eigenvalue weighted by atomic mass is 9.99. The average Bonchev–Trinajstić information content (AvgIpc) is 3.27. The summed E-state index contributed by atoms with van der Waals surface area (Å²) < 4.78 is 11.2. The Kier molecular flexibility index (Phi) is 41.2. The minimum absolute atomic E-state index is 0.184. The highest BCUT2D eigenvalue weighted by Crippen LogP contribution is 2.23. The molecule has 6 N–H and O–H groups in total. The molecule has 1 rings (SSSR count). The van der Waals surface area contributed by atoms with Crippen LogP contribution in [-0.4, -0.2) is 87.5 Å². The molecule has 366 valence electrons. The summed E-state index contributed by atoms with van der Waals surface area (Å²) in [4.78, 5) is 13.0. The summed E-state index contributed by atoms with van der Waals surface area (Å²) in [5.74, 6) is -0.184. The van der Waals surface area contributed by atoms with Gasteiger partial charge in [-0.1, -0.05) is 237 Å². The van der Waals surface area contributed by atoms with Gasteiger partial charge < -0.3 is 40.3 Å². The van der Waals surface area contributed by atoms with E-state index in [1.165, 1.54) is 193 Å². The number of unbranched alkanes of at least 4 members (excludes halogenated alkanes) is 33. The maximum Gasteiger partial charge on any atom is 0.220 e. The number of nitrogens with one attached hydrogen (secondary N) is 1. The average molecular weight is 880 g/mol. The first-order chi connectivity index (χ1) is 30.3. The van der Waals surface area contributed by atoms with Gasteiger partial charge in [0, 0.05) is 6.42 Å². The van der Waals surface area contributed by atoms with Crippen LogP contribution in [0.15, 0.2) is 24.3 Å². The molecular weight excluding hydrogens is 779 g/mol. The van der Waals surface area contributed by atoms with Crippen LogP contribution < -0.4 is 5.32 Å². The Hall–Kier alpha value is -1.33. The molecule has 0 aromatic heterocycles. The number of aliphatic hydroxyl groups excluding tert-OH is 5. The van der Waals surface area contributed by atoms with Crippen LogP contribution in [0.1, 0.15) is 251 Å². The van der Waals surface area contributed by atoms with Crippen LogP contribution in [0.25, 0.3) is 0 Å². The van der Waals surface area contributed by atoms with Crippen molar-refractivity contribution in [1.29, 1.82) is 0 Å². The summed E-state index contributed by atoms with van der Waals surface area (Å²) in [6.07, 6.45) is 46.9. The van der Waals surface area contributed by atoms with Crippen LogP contribution >= 0.6 is 0 Å². The molecule has 0 radical (unpaired) electrons. The number of hydrogen-bond donors (Lipinski definition) is 6. The molecule has 7 unspecified atom stereocenters. The van der Waals surface area contributed by atoms with E-state index in [1.54, 1.807) is 6.08 Å². The van der Waals surface area contributed by atoms with Gasteiger partial charge in [0.15, 0.2) is 6.29 Å². The molecule has 1 amide bonds. The van der Waals surface area contributed by atoms with Crippen molar-refractivity contribution in [2.24, 2.45) is 0 Å². The second-order valence-corrected chi connectivity index (χ2v) is 18.7. The van der Waals surface area contributed by atoms with E-state index in [9.17, 15) is 30.3 Å². The van der Waals surface area contributed by atoms with Crippen molar-refractivity contribution in [3.05, 3.63) is 24.3 Å². The molecular formula is C53H101NO8. The van der Waals surface area contributed by atoms with Gasteiger partial charge in [0.1, 0.15) is 24.4 Å². The highest BCUT2D eigenvalue weighted by Gasteiger charge is 2.44. The lowest BCUT2D eigenvalue weighted by molar-refractivity contribution is -0.302. The molecule has 7 atom stereocenters. The van der Waals surface area contributed by atoms with Gasteiger partial charge in [-0.2, -0.15) is 0 Å². The lowest BCUT2D eigenvalue weighted by Crippen LogP contribution is -2.60. The fourth-order valence-electron chi connectivity index (χ4n) is 8.53. The zero-order chi connectivity index (χ0) is 45.1. The van der Waals surface area contributed by atoms with E-state index in [-0.39, 0.29) is 12.5 Å². The molecule has 1 fully saturated rings. The van der Waals surface area contributed by atoms with E-state index >= 15 is 0 Å². The SMILES string of the molecule is CCCCCCC/C=C/CC/C=C/C(O)C(COC1OC(CO)C(O)C(O)C1O)NC(=O)CCCCCCCCCCCCCCCCCCCCCCCCCCCCCC. The molecule has 0 spiro atoms. The third-order valence-electron chi connectivity index (χ3n) is 12.8. The number of aliphatic hydroxyl groups is 5. The molecule has 0 aliphatic carbocycles. The molecule has 1 heterocycles. The third-order valence-corrected chi connectivity index (χ3v) is 12.8. The normalized spacial score (nSPS) is 20.4. The summed E-state index contributed by atoms with van der Waals surface area (Å²) in [6.45, 7) is 3.75. The standard InChI is InChI=1S/C53H101NO8/c1-3-5-7-9-11-13-15-16-17-18-19-20-21-22-23-24-25-26-27-28-29-30-31-33-35-37-39-41-43-49(57)54-46(45-61-53-52(60)51(59)50(58)48(44-55)62-53)47(56)42-40-38-36-34-32-14-12-10-8-6-4-2/h32,34,40,42,46-48,50-53,55-56,58-60H,3-31,33,35-39,41,43-45H2,1-2H3,(H,54,57)/b34-32+,42-40+. The minimum atomic E-state index is -1.57. The van der Waals surface area contributed by atoms with E-state index in [2.05, 4.69) is 31.3 Å². The quantitative estimate of drug-likeness (QED) is 0.0262. The summed E-state index contributed by atoms with van der Waals surface area (Å²) in [6, 6.07) is -0.816. The van der Waals surface area contributed by atoms with Gasteiger partial charge in [-0.05, 0) is 32.1 Å². The van der Waals surface area contributed by atoms with Crippen molar-refractivity contribution in [2.75, 3.05) is 13.2 Å². The van der Waals surface area contributed by atoms with Crippen LogP contribution in [-0.2, 0) is 14.3 Å². The van der Waals surface area contributed by atoms with Crippen molar-refractivity contribution < 1.29 is 39.8 Å². The zero-order valence-electron chi connectivity index (χ0n) is 40.4. The molecule has 0 aromatic carbocycles. The highest BCUT2D eigenvalue weighted by atomic mass is 16.7. The molecule has 0 aromatic rings. The summed E-state index contributed by atoms with van der Waals surface area (Å²) >= 11 is 0. The van der Waals surface area contributed by atoms with E-state index in [1.807, 2.05) is 6.08 Å². The fraction of sp³-hybridized carbons (Fsp3) is 0.906. The number of carbonyl (C=O) groups excluding carboxylic acids is 1. The summed E-state index contributed by atoms with van der Waals surface area (Å²) in [7, 11) is 0. The Labute approximate surface area is 381 Å². The Balaban J connectivity index is 2.15. The topological polar surface area (TPSA) is 149 Å². The van der Waals surface area contributed by atoms with E-state index in [4.69, 9.17) is 9.47 Å². The number of rotatable bonds is 45. The fourth-order valence-corrected chi connectivity index (χ4v) is 8.53. The van der Waals surface area contributed by atoms with Crippen LogP contribution in [0.2, 0.25) is 0 Å². The highest BCUT2D eigenvalue weighted by molar-refractivity contribution is 5.76. The lowest BCUT2D eigenvalue weighted by Gasteiger charge is -2.40. The van der Waals surface area contributed by atoms with Crippen LogP contribution in [0.4, 0.5) is 0 Å². The first kappa shape index (κ1) is 58.7. The first-order valence-electron chi connectivity index (χ1n) is 26.6. The molecule has 1 saturated heterocycles. The maximum atomic E-state index is 13.0. The molecule has 9 heteroatoms. The van der Waals surface area contributed by atoms with Crippen LogP contribution in [0.3, 0.4) is 0 Å². The van der Waals surface area contributed by atoms with Crippen molar-refractivity contribution in [2.45, 2.75) is 294 Å². The Morgan fingerprint density at radius 3 is 1.35 bits per heavy atom. The Morgan fingerprint density at radius 2 is 0.919 bits per heavy atom. The molecule has 62 heavy (non-hydrogen) atoms. The van der Waals surface area contributed by atoms with Crippen LogP contribution in [0, 0.1) is 0 Å². The predicted molar refractivity (Wildman–Crippen MR) is 258 cm³/mol. The minimum Gasteiger partial charge on any atom is -0.394 e. The monoisotopic (exact) mass is 880 g/mol. The molecule has 1 aliphatic heterocycles. The number of hydrogen-bond acceptors (Lipinski definition) is 8. The first-order valence-corrected chi connectivity index (χ1v) is 26.6. The van der Waals surface area contributed by atoms with E-state index in [0.717, 1.165) is 38.5 Å². The predicted octanol–water partition coefficient (Wildman–Crippen LogP) is 12.2. The van der Waals surface area contributed by atoms with Crippen molar-refractivity contribution >= 4 is 5.91 Å². The van der Waals surface area contributed by atoms with Gasteiger partial charge in [0.2, 0.25) is 5.91 Å². The number of allylic oxidation sites excluding steroid dienone is 3. The van der Waals surface area contributed by atoms with Gasteiger partial charge in [-0.3, -0.25) is 4.79 Å². The number of ether oxygens (including phenoxy) is 2. The van der Waals surface area contributed by atoms with Gasteiger partial charge in [-0.25, -0.2) is 0 Å². The van der Waals surface area contributed by atoms with Crippen molar-refractivity contribution in [3.8, 4) is 0 Å². The van der Waals surface area contributed by atoms with E-state index in [0.29, 0.717) is 6.42 Å². The number of amides is 1. The Morgan fingerprint density at radius 1 is 0.532 bits per heavy atom. The molecule has 0 saturated carbocycles. The van der Waals surface area contributed by atoms with Crippen LogP contribution in [0.5, 0.6) is 0 Å². The molecule has 1 aliphatic rings. The van der Waals surface area contributed by atoms with Gasteiger partial charge in [0.25, 0.3) is 0 Å². The smallest absolute Gasteiger partial charge is 0.220 e. The van der Waals surface area contributed by atoms with Gasteiger partial charge in [-0.15, -0.1) is 0 Å². The second-order valence-electron chi connectivity index (χ2n) is 18.7. The zero-order valence-corrected chi connectivity index (χ0v) is 40.4. The summed E-state index contributed by atoms with van der Waals surface area (Å²) in [5, 5.41) is 54.2. The largest absolute Gasteiger partial charge is 0.394 e. The van der Waals surface area contributed by atoms with Crippen molar-refractivity contribution in [3.63, 3.8) is 0 Å². The summed E-state index contributed by atoms with van der Waals surface area (Å²) in [5.41, 5.74) is 0. The molecule has 9 nitrogen and oxygen atoms in total. The maximum absolute atomic E-state index is 13.0. The second kappa shape index (κ2) is 43.6. The van der Waals surface area contributed by atoms with E-state index < -0.39 is 49.5 Å².